The van der Waals surface area contributed by atoms with Crippen LogP contribution in [0.2, 0.25) is 0 Å². The Morgan fingerprint density at radius 2 is 1.72 bits per heavy atom. The van der Waals surface area contributed by atoms with Gasteiger partial charge >= 0.3 is 5.97 Å². The first kappa shape index (κ1) is 20.2. The van der Waals surface area contributed by atoms with Gasteiger partial charge in [-0.2, -0.15) is 0 Å². The molecule has 0 unspecified atom stereocenters. The van der Waals surface area contributed by atoms with Gasteiger partial charge in [0.2, 0.25) is 5.91 Å². The number of hydrogen-bond acceptors (Lipinski definition) is 6. The zero-order valence-corrected chi connectivity index (χ0v) is 16.6. The van der Waals surface area contributed by atoms with Crippen molar-refractivity contribution in [2.45, 2.75) is 19.4 Å². The standard InChI is InChI=1S/C21H22N2O6/c1-21(2)20(26)22-14-7-5-6-8-15(14)23(21)18(24)12-29-19(25)13-9-10-16(27-3)17(11-13)28-4/h5-11H,12H2,1-4H3,(H,22,26). The molecule has 0 radical (unpaired) electrons. The van der Waals surface area contributed by atoms with Crippen molar-refractivity contribution in [3.63, 3.8) is 0 Å². The summed E-state index contributed by atoms with van der Waals surface area (Å²) in [5.74, 6) is -0.678. The Morgan fingerprint density at radius 1 is 1.03 bits per heavy atom. The minimum absolute atomic E-state index is 0.214. The molecule has 1 aliphatic heterocycles. The summed E-state index contributed by atoms with van der Waals surface area (Å²) < 4.78 is 15.5. The van der Waals surface area contributed by atoms with Crippen molar-refractivity contribution in [3.8, 4) is 11.5 Å². The number of carbonyl (C=O) groups is 3. The van der Waals surface area contributed by atoms with Crippen LogP contribution in [0, 0.1) is 0 Å². The fourth-order valence-electron chi connectivity index (χ4n) is 3.14. The van der Waals surface area contributed by atoms with Crippen molar-refractivity contribution in [1.82, 2.24) is 0 Å². The first-order valence-corrected chi connectivity index (χ1v) is 8.92. The van der Waals surface area contributed by atoms with Gasteiger partial charge in [0, 0.05) is 0 Å². The van der Waals surface area contributed by atoms with Crippen molar-refractivity contribution in [3.05, 3.63) is 48.0 Å². The molecule has 0 fully saturated rings. The Balaban J connectivity index is 1.78. The van der Waals surface area contributed by atoms with Crippen molar-refractivity contribution in [2.24, 2.45) is 0 Å². The summed E-state index contributed by atoms with van der Waals surface area (Å²) in [6.07, 6.45) is 0. The molecule has 8 nitrogen and oxygen atoms in total. The van der Waals surface area contributed by atoms with Gasteiger partial charge in [-0.15, -0.1) is 0 Å². The number of amides is 2. The van der Waals surface area contributed by atoms with E-state index in [9.17, 15) is 14.4 Å². The molecule has 0 aromatic heterocycles. The van der Waals surface area contributed by atoms with Crippen LogP contribution in [0.5, 0.6) is 11.5 Å². The molecule has 2 aromatic rings. The fraction of sp³-hybridized carbons (Fsp3) is 0.286. The van der Waals surface area contributed by atoms with Crippen LogP contribution in [0.3, 0.4) is 0 Å². The van der Waals surface area contributed by atoms with Crippen LogP contribution in [0.4, 0.5) is 11.4 Å². The molecule has 2 amide bonds. The highest BCUT2D eigenvalue weighted by atomic mass is 16.5. The first-order chi connectivity index (χ1) is 13.8. The maximum Gasteiger partial charge on any atom is 0.338 e. The highest BCUT2D eigenvalue weighted by Gasteiger charge is 2.43. The monoisotopic (exact) mass is 398 g/mol. The topological polar surface area (TPSA) is 94.2 Å². The molecule has 0 saturated heterocycles. The Bertz CT molecular complexity index is 969. The van der Waals surface area contributed by atoms with E-state index >= 15 is 0 Å². The van der Waals surface area contributed by atoms with E-state index in [0.717, 1.165) is 0 Å². The minimum atomic E-state index is -1.14. The fourth-order valence-corrected chi connectivity index (χ4v) is 3.14. The second kappa shape index (κ2) is 7.83. The largest absolute Gasteiger partial charge is 0.493 e. The molecule has 0 bridgehead atoms. The number of hydrogen-bond donors (Lipinski definition) is 1. The molecular weight excluding hydrogens is 376 g/mol. The lowest BCUT2D eigenvalue weighted by atomic mass is 9.96. The lowest BCUT2D eigenvalue weighted by molar-refractivity contribution is -0.128. The van der Waals surface area contributed by atoms with Gasteiger partial charge in [-0.25, -0.2) is 4.79 Å². The summed E-state index contributed by atoms with van der Waals surface area (Å²) in [5, 5.41) is 2.78. The number of carbonyl (C=O) groups excluding carboxylic acids is 3. The van der Waals surface area contributed by atoms with Gasteiger partial charge < -0.3 is 19.5 Å². The van der Waals surface area contributed by atoms with E-state index in [1.54, 1.807) is 44.2 Å². The summed E-state index contributed by atoms with van der Waals surface area (Å²) >= 11 is 0. The van der Waals surface area contributed by atoms with Crippen LogP contribution in [0.15, 0.2) is 42.5 Å². The highest BCUT2D eigenvalue weighted by molar-refractivity contribution is 6.14. The van der Waals surface area contributed by atoms with E-state index in [1.165, 1.54) is 31.3 Å². The summed E-state index contributed by atoms with van der Waals surface area (Å²) in [7, 11) is 2.94. The molecule has 1 heterocycles. The van der Waals surface area contributed by atoms with E-state index in [-0.39, 0.29) is 11.5 Å². The molecular formula is C21H22N2O6. The number of fused-ring (bicyclic) bond motifs is 1. The number of rotatable bonds is 5. The summed E-state index contributed by atoms with van der Waals surface area (Å²) in [6, 6.07) is 11.5. The van der Waals surface area contributed by atoms with E-state index < -0.39 is 24.0 Å². The lowest BCUT2D eigenvalue weighted by Crippen LogP contribution is -2.59. The summed E-state index contributed by atoms with van der Waals surface area (Å²) in [4.78, 5) is 39.1. The molecule has 8 heteroatoms. The molecule has 3 rings (SSSR count). The number of benzene rings is 2. The molecule has 1 aliphatic rings. The SMILES string of the molecule is COc1ccc(C(=O)OCC(=O)N2c3ccccc3NC(=O)C2(C)C)cc1OC. The summed E-state index contributed by atoms with van der Waals surface area (Å²) in [6.45, 7) is 2.75. The Hall–Kier alpha value is -3.55. The van der Waals surface area contributed by atoms with Crippen LogP contribution in [-0.4, -0.2) is 44.1 Å². The number of para-hydroxylation sites is 2. The van der Waals surface area contributed by atoms with Crippen LogP contribution in [-0.2, 0) is 14.3 Å². The Morgan fingerprint density at radius 3 is 2.41 bits per heavy atom. The molecule has 0 aliphatic carbocycles. The maximum absolute atomic E-state index is 12.9. The smallest absolute Gasteiger partial charge is 0.338 e. The second-order valence-electron chi connectivity index (χ2n) is 6.91. The average Bonchev–Trinajstić information content (AvgIpc) is 2.71. The van der Waals surface area contributed by atoms with Gasteiger partial charge in [-0.05, 0) is 44.2 Å². The highest BCUT2D eigenvalue weighted by Crippen LogP contribution is 2.36. The second-order valence-corrected chi connectivity index (χ2v) is 6.91. The molecule has 0 atom stereocenters. The predicted octanol–water partition coefficient (Wildman–Crippen LogP) is 2.62. The third kappa shape index (κ3) is 3.73. The number of methoxy groups -OCH3 is 2. The van der Waals surface area contributed by atoms with Crippen molar-refractivity contribution in [2.75, 3.05) is 31.0 Å². The van der Waals surface area contributed by atoms with E-state index in [2.05, 4.69) is 5.32 Å². The minimum Gasteiger partial charge on any atom is -0.493 e. The van der Waals surface area contributed by atoms with Crippen LogP contribution >= 0.6 is 0 Å². The molecule has 152 valence electrons. The summed E-state index contributed by atoms with van der Waals surface area (Å²) in [5.41, 5.74) is 0.147. The molecule has 0 spiro atoms. The van der Waals surface area contributed by atoms with Crippen LogP contribution in [0.25, 0.3) is 0 Å². The molecule has 29 heavy (non-hydrogen) atoms. The van der Waals surface area contributed by atoms with Gasteiger partial charge in [-0.3, -0.25) is 14.5 Å². The van der Waals surface area contributed by atoms with Crippen LogP contribution < -0.4 is 19.7 Å². The van der Waals surface area contributed by atoms with E-state index in [4.69, 9.17) is 14.2 Å². The zero-order valence-electron chi connectivity index (χ0n) is 16.6. The number of esters is 1. The molecule has 1 N–H and O–H groups in total. The quantitative estimate of drug-likeness (QED) is 0.778. The van der Waals surface area contributed by atoms with E-state index in [0.29, 0.717) is 22.9 Å². The van der Waals surface area contributed by atoms with Gasteiger partial charge in [0.05, 0.1) is 31.2 Å². The average molecular weight is 398 g/mol. The number of ether oxygens (including phenoxy) is 3. The third-order valence-electron chi connectivity index (χ3n) is 4.70. The third-order valence-corrected chi connectivity index (χ3v) is 4.70. The van der Waals surface area contributed by atoms with Crippen molar-refractivity contribution < 1.29 is 28.6 Å². The lowest BCUT2D eigenvalue weighted by Gasteiger charge is -2.41. The molecule has 0 saturated carbocycles. The van der Waals surface area contributed by atoms with Crippen molar-refractivity contribution >= 4 is 29.2 Å². The maximum atomic E-state index is 12.9. The predicted molar refractivity (Wildman–Crippen MR) is 106 cm³/mol. The van der Waals surface area contributed by atoms with Gasteiger partial charge in [0.25, 0.3) is 5.91 Å². The number of nitrogens with one attached hydrogen (secondary N) is 1. The zero-order chi connectivity index (χ0) is 21.2. The Labute approximate surface area is 168 Å². The molecule has 2 aromatic carbocycles. The number of anilines is 2. The van der Waals surface area contributed by atoms with Crippen molar-refractivity contribution in [1.29, 1.82) is 0 Å². The van der Waals surface area contributed by atoms with Gasteiger partial charge in [0.15, 0.2) is 18.1 Å². The van der Waals surface area contributed by atoms with E-state index in [1.807, 2.05) is 0 Å². The normalized spacial score (nSPS) is 14.5. The number of nitrogens with zero attached hydrogens (tertiary/aromatic N) is 1. The van der Waals surface area contributed by atoms with Gasteiger partial charge in [-0.1, -0.05) is 12.1 Å². The van der Waals surface area contributed by atoms with Gasteiger partial charge in [0.1, 0.15) is 5.54 Å². The Kier molecular flexibility index (Phi) is 5.45. The first-order valence-electron chi connectivity index (χ1n) is 8.92. The van der Waals surface area contributed by atoms with Crippen LogP contribution in [0.1, 0.15) is 24.2 Å².